The number of thiocarbonyl (C=S) groups is 1. The first-order valence-corrected chi connectivity index (χ1v) is 5.78. The first-order valence-electron chi connectivity index (χ1n) is 5.37. The van der Waals surface area contributed by atoms with Gasteiger partial charge in [0.2, 0.25) is 0 Å². The van der Waals surface area contributed by atoms with Crippen LogP contribution in [-0.4, -0.2) is 38.4 Å². The molecular weight excluding hydrogens is 236 g/mol. The van der Waals surface area contributed by atoms with Gasteiger partial charge in [-0.2, -0.15) is 0 Å². The fourth-order valence-corrected chi connectivity index (χ4v) is 1.47. The summed E-state index contributed by atoms with van der Waals surface area (Å²) in [5, 5.41) is 0. The van der Waals surface area contributed by atoms with Gasteiger partial charge < -0.3 is 10.6 Å². The minimum absolute atomic E-state index is 0.0684. The van der Waals surface area contributed by atoms with E-state index in [9.17, 15) is 4.79 Å². The van der Waals surface area contributed by atoms with E-state index in [1.54, 1.807) is 4.90 Å². The monoisotopic (exact) mass is 252 g/mol. The normalized spacial score (nSPS) is 10.3. The zero-order chi connectivity index (χ0) is 12.8. The lowest BCUT2D eigenvalue weighted by atomic mass is 10.2. The van der Waals surface area contributed by atoms with Gasteiger partial charge >= 0.3 is 0 Å². The maximum atomic E-state index is 12.1. The molecule has 0 aliphatic heterocycles. The van der Waals surface area contributed by atoms with Crippen molar-refractivity contribution in [3.05, 3.63) is 24.3 Å². The summed E-state index contributed by atoms with van der Waals surface area (Å²) in [5.74, 6) is -0.149. The fraction of sp³-hybridized carbons (Fsp3) is 0.455. The molecule has 0 bridgehead atoms. The molecule has 1 rings (SSSR count). The minimum Gasteiger partial charge on any atom is -0.393 e. The van der Waals surface area contributed by atoms with E-state index < -0.39 is 0 Å². The van der Waals surface area contributed by atoms with Gasteiger partial charge in [0.15, 0.2) is 0 Å². The molecular formula is C11H16N4OS. The lowest BCUT2D eigenvalue weighted by molar-refractivity contribution is 0.0705. The van der Waals surface area contributed by atoms with Crippen LogP contribution in [0.3, 0.4) is 0 Å². The largest absolute Gasteiger partial charge is 0.393 e. The molecule has 0 saturated heterocycles. The Balaban J connectivity index is 2.77. The highest BCUT2D eigenvalue weighted by atomic mass is 32.1. The van der Waals surface area contributed by atoms with Gasteiger partial charge in [-0.1, -0.05) is 12.2 Å². The molecule has 0 aliphatic carbocycles. The minimum atomic E-state index is -0.149. The highest BCUT2D eigenvalue weighted by molar-refractivity contribution is 7.80. The van der Waals surface area contributed by atoms with Gasteiger partial charge in [0.1, 0.15) is 5.69 Å². The van der Waals surface area contributed by atoms with Crippen LogP contribution in [0.25, 0.3) is 0 Å². The van der Waals surface area contributed by atoms with Crippen molar-refractivity contribution in [2.75, 3.05) is 6.54 Å². The second-order valence-electron chi connectivity index (χ2n) is 3.90. The molecule has 5 nitrogen and oxygen atoms in total. The Morgan fingerprint density at radius 1 is 1.53 bits per heavy atom. The molecule has 0 spiro atoms. The summed E-state index contributed by atoms with van der Waals surface area (Å²) < 4.78 is 0. The van der Waals surface area contributed by atoms with Gasteiger partial charge in [-0.15, -0.1) is 0 Å². The third kappa shape index (κ3) is 4.07. The number of nitrogens with zero attached hydrogens (tertiary/aromatic N) is 3. The number of hydrogen-bond donors (Lipinski definition) is 1. The fourth-order valence-electron chi connectivity index (χ4n) is 1.38. The van der Waals surface area contributed by atoms with E-state index in [4.69, 9.17) is 18.0 Å². The Hall–Kier alpha value is -1.56. The predicted octanol–water partition coefficient (Wildman–Crippen LogP) is 1.00. The molecule has 2 N–H and O–H groups in total. The average molecular weight is 252 g/mol. The van der Waals surface area contributed by atoms with Crippen LogP contribution < -0.4 is 5.73 Å². The Labute approximate surface area is 106 Å². The van der Waals surface area contributed by atoms with Crippen molar-refractivity contribution in [1.29, 1.82) is 0 Å². The third-order valence-electron chi connectivity index (χ3n) is 2.27. The van der Waals surface area contributed by atoms with E-state index in [0.29, 0.717) is 23.6 Å². The molecule has 6 heteroatoms. The molecule has 1 amide bonds. The molecule has 17 heavy (non-hydrogen) atoms. The summed E-state index contributed by atoms with van der Waals surface area (Å²) in [6.45, 7) is 4.38. The van der Waals surface area contributed by atoms with E-state index in [2.05, 4.69) is 9.97 Å². The number of aromatic nitrogens is 2. The molecule has 0 atom stereocenters. The second kappa shape index (κ2) is 6.24. The molecule has 1 aromatic rings. The van der Waals surface area contributed by atoms with Gasteiger partial charge in [-0.3, -0.25) is 9.78 Å². The van der Waals surface area contributed by atoms with Crippen molar-refractivity contribution in [2.24, 2.45) is 5.73 Å². The lowest BCUT2D eigenvalue weighted by Gasteiger charge is -2.26. The lowest BCUT2D eigenvalue weighted by Crippen LogP contribution is -2.39. The molecule has 92 valence electrons. The zero-order valence-corrected chi connectivity index (χ0v) is 10.8. The van der Waals surface area contributed by atoms with Crippen molar-refractivity contribution in [1.82, 2.24) is 14.9 Å². The summed E-state index contributed by atoms with van der Waals surface area (Å²) in [7, 11) is 0. The Bertz CT molecular complexity index is 394. The van der Waals surface area contributed by atoms with Gasteiger partial charge in [-0.05, 0) is 13.8 Å². The molecule has 0 unspecified atom stereocenters. The number of carbonyl (C=O) groups is 1. The van der Waals surface area contributed by atoms with Crippen molar-refractivity contribution < 1.29 is 4.79 Å². The van der Waals surface area contributed by atoms with E-state index in [0.717, 1.165) is 0 Å². The summed E-state index contributed by atoms with van der Waals surface area (Å²) in [6.07, 6.45) is 5.00. The van der Waals surface area contributed by atoms with Crippen molar-refractivity contribution in [3.63, 3.8) is 0 Å². The summed E-state index contributed by atoms with van der Waals surface area (Å²) in [4.78, 5) is 22.1. The van der Waals surface area contributed by atoms with Crippen LogP contribution >= 0.6 is 12.2 Å². The topological polar surface area (TPSA) is 72.1 Å². The SMILES string of the molecule is CC(C)N(CCC(N)=S)C(=O)c1cnccn1. The Morgan fingerprint density at radius 2 is 2.24 bits per heavy atom. The molecule has 1 heterocycles. The molecule has 0 aromatic carbocycles. The Morgan fingerprint density at radius 3 is 2.71 bits per heavy atom. The van der Waals surface area contributed by atoms with Crippen LogP contribution in [0.4, 0.5) is 0 Å². The summed E-state index contributed by atoms with van der Waals surface area (Å²) >= 11 is 4.82. The van der Waals surface area contributed by atoms with Gasteiger partial charge in [0.25, 0.3) is 5.91 Å². The van der Waals surface area contributed by atoms with Gasteiger partial charge in [-0.25, -0.2) is 4.98 Å². The number of nitrogens with two attached hydrogens (primary N) is 1. The van der Waals surface area contributed by atoms with Gasteiger partial charge in [0.05, 0.1) is 11.2 Å². The number of rotatable bonds is 5. The van der Waals surface area contributed by atoms with E-state index >= 15 is 0 Å². The van der Waals surface area contributed by atoms with E-state index in [1.165, 1.54) is 18.6 Å². The van der Waals surface area contributed by atoms with Crippen molar-refractivity contribution >= 4 is 23.1 Å². The Kier molecular flexibility index (Phi) is 4.96. The summed E-state index contributed by atoms with van der Waals surface area (Å²) in [6, 6.07) is 0.0684. The number of amides is 1. The predicted molar refractivity (Wildman–Crippen MR) is 69.6 cm³/mol. The van der Waals surface area contributed by atoms with E-state index in [1.807, 2.05) is 13.8 Å². The maximum Gasteiger partial charge on any atom is 0.274 e. The molecule has 0 aliphatic rings. The van der Waals surface area contributed by atoms with Crippen LogP contribution in [0, 0.1) is 0 Å². The average Bonchev–Trinajstić information content (AvgIpc) is 2.29. The number of carbonyl (C=O) groups excluding carboxylic acids is 1. The van der Waals surface area contributed by atoms with Gasteiger partial charge in [0, 0.05) is 31.4 Å². The molecule has 0 saturated carbocycles. The maximum absolute atomic E-state index is 12.1. The smallest absolute Gasteiger partial charge is 0.274 e. The molecule has 0 fully saturated rings. The van der Waals surface area contributed by atoms with Crippen LogP contribution in [0.2, 0.25) is 0 Å². The summed E-state index contributed by atoms with van der Waals surface area (Å²) in [5.41, 5.74) is 5.78. The first-order chi connectivity index (χ1) is 8.02. The van der Waals surface area contributed by atoms with Crippen molar-refractivity contribution in [3.8, 4) is 0 Å². The quantitative estimate of drug-likeness (QED) is 0.792. The molecule has 0 radical (unpaired) electrons. The van der Waals surface area contributed by atoms with Crippen LogP contribution in [0.5, 0.6) is 0 Å². The van der Waals surface area contributed by atoms with Crippen LogP contribution in [0.15, 0.2) is 18.6 Å². The second-order valence-corrected chi connectivity index (χ2v) is 4.42. The third-order valence-corrected chi connectivity index (χ3v) is 2.47. The van der Waals surface area contributed by atoms with Crippen LogP contribution in [0.1, 0.15) is 30.8 Å². The first kappa shape index (κ1) is 13.5. The van der Waals surface area contributed by atoms with Crippen molar-refractivity contribution in [2.45, 2.75) is 26.3 Å². The highest BCUT2D eigenvalue weighted by Gasteiger charge is 2.19. The zero-order valence-electron chi connectivity index (χ0n) is 9.96. The number of hydrogen-bond acceptors (Lipinski definition) is 4. The van der Waals surface area contributed by atoms with E-state index in [-0.39, 0.29) is 11.9 Å². The standard InChI is InChI=1S/C11H16N4OS/c1-8(2)15(6-3-10(12)17)11(16)9-7-13-4-5-14-9/h4-5,7-8H,3,6H2,1-2H3,(H2,12,17). The molecule has 1 aromatic heterocycles. The highest BCUT2D eigenvalue weighted by Crippen LogP contribution is 2.06. The van der Waals surface area contributed by atoms with Crippen LogP contribution in [-0.2, 0) is 0 Å².